The summed E-state index contributed by atoms with van der Waals surface area (Å²) in [5.41, 5.74) is 5.57. The molecule has 3 N–H and O–H groups in total. The first-order chi connectivity index (χ1) is 8.81. The molecule has 0 aliphatic rings. The van der Waals surface area contributed by atoms with E-state index >= 15 is 0 Å². The summed E-state index contributed by atoms with van der Waals surface area (Å²) in [6.45, 7) is 4.57. The standard InChI is InChI=1S/C12H23N3O3S/c1-8(2)10(11(13)19)12(17)15(3)7-9(16)14-5-6-18-4/h8,10H,5-7H2,1-4H3,(H2,13,19)(H,14,16). The maximum Gasteiger partial charge on any atom is 0.239 e. The van der Waals surface area contributed by atoms with Crippen LogP contribution in [0.3, 0.4) is 0 Å². The van der Waals surface area contributed by atoms with Gasteiger partial charge in [-0.25, -0.2) is 0 Å². The van der Waals surface area contributed by atoms with Gasteiger partial charge in [-0.3, -0.25) is 9.59 Å². The van der Waals surface area contributed by atoms with Gasteiger partial charge in [0.1, 0.15) is 0 Å². The van der Waals surface area contributed by atoms with E-state index in [9.17, 15) is 9.59 Å². The van der Waals surface area contributed by atoms with Gasteiger partial charge in [0.2, 0.25) is 11.8 Å². The van der Waals surface area contributed by atoms with Crippen molar-refractivity contribution in [1.82, 2.24) is 10.2 Å². The second-order valence-electron chi connectivity index (χ2n) is 4.66. The molecule has 0 aliphatic carbocycles. The SMILES string of the molecule is COCCNC(=O)CN(C)C(=O)C(C(N)=S)C(C)C. The second-order valence-corrected chi connectivity index (χ2v) is 5.13. The molecule has 1 atom stereocenters. The zero-order valence-electron chi connectivity index (χ0n) is 11.9. The predicted octanol–water partition coefficient (Wildman–Crippen LogP) is -0.234. The first-order valence-electron chi connectivity index (χ1n) is 6.11. The largest absolute Gasteiger partial charge is 0.393 e. The highest BCUT2D eigenvalue weighted by Gasteiger charge is 2.28. The minimum absolute atomic E-state index is 0.00371. The molecule has 0 aromatic rings. The molecule has 7 heteroatoms. The molecule has 0 rings (SSSR count). The summed E-state index contributed by atoms with van der Waals surface area (Å²) in [6.07, 6.45) is 0. The summed E-state index contributed by atoms with van der Waals surface area (Å²) in [5.74, 6) is -1.00. The van der Waals surface area contributed by atoms with Gasteiger partial charge in [0.15, 0.2) is 0 Å². The number of carbonyl (C=O) groups excluding carboxylic acids is 2. The third-order valence-electron chi connectivity index (χ3n) is 2.62. The van der Waals surface area contributed by atoms with Crippen LogP contribution in [0, 0.1) is 11.8 Å². The first-order valence-corrected chi connectivity index (χ1v) is 6.52. The monoisotopic (exact) mass is 289 g/mol. The van der Waals surface area contributed by atoms with Crippen LogP contribution in [0.5, 0.6) is 0 Å². The van der Waals surface area contributed by atoms with Crippen LogP contribution in [0.25, 0.3) is 0 Å². The van der Waals surface area contributed by atoms with Gasteiger partial charge in [0, 0.05) is 20.7 Å². The molecule has 0 saturated heterocycles. The zero-order valence-corrected chi connectivity index (χ0v) is 12.8. The molecule has 6 nitrogen and oxygen atoms in total. The molecule has 0 spiro atoms. The fraction of sp³-hybridized carbons (Fsp3) is 0.750. The number of methoxy groups -OCH3 is 1. The smallest absolute Gasteiger partial charge is 0.239 e. The van der Waals surface area contributed by atoms with E-state index in [-0.39, 0.29) is 29.3 Å². The van der Waals surface area contributed by atoms with Crippen molar-refractivity contribution < 1.29 is 14.3 Å². The van der Waals surface area contributed by atoms with Crippen molar-refractivity contribution >= 4 is 29.0 Å². The number of thiocarbonyl (C=S) groups is 1. The number of rotatable bonds is 8. The molecular weight excluding hydrogens is 266 g/mol. The average molecular weight is 289 g/mol. The molecule has 0 aliphatic heterocycles. The van der Waals surface area contributed by atoms with Crippen molar-refractivity contribution in [1.29, 1.82) is 0 Å². The number of amides is 2. The van der Waals surface area contributed by atoms with E-state index in [4.69, 9.17) is 22.7 Å². The van der Waals surface area contributed by atoms with Gasteiger partial charge < -0.3 is 20.7 Å². The Morgan fingerprint density at radius 2 is 2.00 bits per heavy atom. The van der Waals surface area contributed by atoms with Gasteiger partial charge in [-0.05, 0) is 5.92 Å². The number of nitrogens with two attached hydrogens (primary N) is 1. The van der Waals surface area contributed by atoms with Crippen molar-refractivity contribution in [2.75, 3.05) is 33.9 Å². The van der Waals surface area contributed by atoms with Crippen molar-refractivity contribution in [2.45, 2.75) is 13.8 Å². The highest BCUT2D eigenvalue weighted by molar-refractivity contribution is 7.80. The fourth-order valence-corrected chi connectivity index (χ4v) is 1.99. The molecule has 0 fully saturated rings. The number of hydrogen-bond donors (Lipinski definition) is 2. The van der Waals surface area contributed by atoms with Crippen LogP contribution < -0.4 is 11.1 Å². The number of hydrogen-bond acceptors (Lipinski definition) is 4. The minimum Gasteiger partial charge on any atom is -0.393 e. The van der Waals surface area contributed by atoms with Crippen LogP contribution in [0.4, 0.5) is 0 Å². The second kappa shape index (κ2) is 8.82. The van der Waals surface area contributed by atoms with Gasteiger partial charge >= 0.3 is 0 Å². The third kappa shape index (κ3) is 6.49. The van der Waals surface area contributed by atoms with E-state index < -0.39 is 5.92 Å². The minimum atomic E-state index is -0.535. The molecule has 1 unspecified atom stereocenters. The van der Waals surface area contributed by atoms with Gasteiger partial charge in [-0.15, -0.1) is 0 Å². The lowest BCUT2D eigenvalue weighted by Crippen LogP contribution is -2.46. The van der Waals surface area contributed by atoms with E-state index in [1.54, 1.807) is 14.2 Å². The molecule has 110 valence electrons. The number of carbonyl (C=O) groups is 2. The number of nitrogens with one attached hydrogen (secondary N) is 1. The van der Waals surface area contributed by atoms with E-state index in [0.29, 0.717) is 13.2 Å². The lowest BCUT2D eigenvalue weighted by atomic mass is 9.94. The van der Waals surface area contributed by atoms with Crippen LogP contribution in [0.1, 0.15) is 13.8 Å². The number of likely N-dealkylation sites (N-methyl/N-ethyl adjacent to an activating group) is 1. The zero-order chi connectivity index (χ0) is 15.0. The maximum atomic E-state index is 12.1. The van der Waals surface area contributed by atoms with Crippen LogP contribution in [0.15, 0.2) is 0 Å². The topological polar surface area (TPSA) is 84.7 Å². The van der Waals surface area contributed by atoms with E-state index in [2.05, 4.69) is 5.32 Å². The molecule has 0 heterocycles. The Bertz CT molecular complexity index is 334. The Morgan fingerprint density at radius 1 is 1.42 bits per heavy atom. The molecule has 2 amide bonds. The Balaban J connectivity index is 4.39. The van der Waals surface area contributed by atoms with Crippen LogP contribution in [0.2, 0.25) is 0 Å². The third-order valence-corrected chi connectivity index (χ3v) is 2.88. The molecule has 19 heavy (non-hydrogen) atoms. The highest BCUT2D eigenvalue weighted by Crippen LogP contribution is 2.14. The van der Waals surface area contributed by atoms with Gasteiger partial charge in [0.25, 0.3) is 0 Å². The van der Waals surface area contributed by atoms with Gasteiger partial charge in [0.05, 0.1) is 24.1 Å². The van der Waals surface area contributed by atoms with Crippen LogP contribution >= 0.6 is 12.2 Å². The highest BCUT2D eigenvalue weighted by atomic mass is 32.1. The summed E-state index contributed by atoms with van der Waals surface area (Å²) in [4.78, 5) is 25.2. The Morgan fingerprint density at radius 3 is 2.42 bits per heavy atom. The summed E-state index contributed by atoms with van der Waals surface area (Å²) in [7, 11) is 3.11. The lowest BCUT2D eigenvalue weighted by Gasteiger charge is -2.25. The number of nitrogens with zero attached hydrogens (tertiary/aromatic N) is 1. The van der Waals surface area contributed by atoms with E-state index in [1.807, 2.05) is 13.8 Å². The first kappa shape index (κ1) is 17.8. The predicted molar refractivity (Wildman–Crippen MR) is 77.6 cm³/mol. The van der Waals surface area contributed by atoms with E-state index in [0.717, 1.165) is 0 Å². The maximum absolute atomic E-state index is 12.1. The molecule has 0 aromatic carbocycles. The van der Waals surface area contributed by atoms with Crippen molar-refractivity contribution in [3.05, 3.63) is 0 Å². The van der Waals surface area contributed by atoms with Crippen LogP contribution in [-0.4, -0.2) is 55.6 Å². The van der Waals surface area contributed by atoms with E-state index in [1.165, 1.54) is 4.90 Å². The van der Waals surface area contributed by atoms with Crippen molar-refractivity contribution in [2.24, 2.45) is 17.6 Å². The van der Waals surface area contributed by atoms with Crippen LogP contribution in [-0.2, 0) is 14.3 Å². The fourth-order valence-electron chi connectivity index (χ4n) is 1.61. The molecular formula is C12H23N3O3S. The van der Waals surface area contributed by atoms with Crippen molar-refractivity contribution in [3.63, 3.8) is 0 Å². The summed E-state index contributed by atoms with van der Waals surface area (Å²) in [5, 5.41) is 2.64. The molecule has 0 aromatic heterocycles. The Kier molecular flexibility index (Phi) is 8.26. The van der Waals surface area contributed by atoms with Gasteiger partial charge in [-0.2, -0.15) is 0 Å². The summed E-state index contributed by atoms with van der Waals surface area (Å²) < 4.78 is 4.82. The van der Waals surface area contributed by atoms with Crippen molar-refractivity contribution in [3.8, 4) is 0 Å². The summed E-state index contributed by atoms with van der Waals surface area (Å²) >= 11 is 4.90. The Hall–Kier alpha value is -1.21. The normalized spacial score (nSPS) is 12.1. The quantitative estimate of drug-likeness (QED) is 0.476. The lowest BCUT2D eigenvalue weighted by molar-refractivity contribution is -0.137. The molecule has 0 bridgehead atoms. The molecule has 0 saturated carbocycles. The Labute approximate surface area is 119 Å². The summed E-state index contributed by atoms with van der Waals surface area (Å²) in [6, 6.07) is 0. The van der Waals surface area contributed by atoms with Gasteiger partial charge in [-0.1, -0.05) is 26.1 Å². The average Bonchev–Trinajstić information content (AvgIpc) is 2.28. The number of ether oxygens (including phenoxy) is 1. The molecule has 0 radical (unpaired) electrons.